The van der Waals surface area contributed by atoms with Gasteiger partial charge in [-0.1, -0.05) is 150 Å². The van der Waals surface area contributed by atoms with E-state index in [1.165, 1.54) is 27.8 Å². The molecule has 0 fully saturated rings. The van der Waals surface area contributed by atoms with Gasteiger partial charge in [0.15, 0.2) is 0 Å². The van der Waals surface area contributed by atoms with E-state index in [-0.39, 0.29) is 10.8 Å². The van der Waals surface area contributed by atoms with Gasteiger partial charge in [-0.25, -0.2) is 0 Å². The average molecular weight is 687 g/mol. The second kappa shape index (κ2) is 13.8. The van der Waals surface area contributed by atoms with Crippen LogP contribution in [0.4, 0.5) is 34.1 Å². The minimum absolute atomic E-state index is 0.0715. The third-order valence-corrected chi connectivity index (χ3v) is 10.6. The topological polar surface area (TPSA) is 6.48 Å². The highest BCUT2D eigenvalue weighted by Crippen LogP contribution is 2.50. The maximum atomic E-state index is 2.40. The molecule has 0 bridgehead atoms. The SMILES string of the molecule is CC(C)(C)c1ccc(N(c2ccc(/C=C/c3ccc(N(c4ccccc4)c4ccccc4)cc3)cc2)c2ccc3c(c2)C(C)(C)c2ccccc2-3)cc1. The Labute approximate surface area is 315 Å². The van der Waals surface area contributed by atoms with Gasteiger partial charge in [-0.05, 0) is 117 Å². The van der Waals surface area contributed by atoms with Gasteiger partial charge in [-0.3, -0.25) is 0 Å². The van der Waals surface area contributed by atoms with Crippen molar-refractivity contribution in [2.24, 2.45) is 0 Å². The maximum Gasteiger partial charge on any atom is 0.0465 e. The van der Waals surface area contributed by atoms with Crippen LogP contribution in [0.2, 0.25) is 0 Å². The molecule has 1 aliphatic rings. The van der Waals surface area contributed by atoms with E-state index in [1.807, 2.05) is 0 Å². The summed E-state index contributed by atoms with van der Waals surface area (Å²) >= 11 is 0. The van der Waals surface area contributed by atoms with Gasteiger partial charge < -0.3 is 9.80 Å². The molecule has 0 amide bonds. The predicted molar refractivity (Wildman–Crippen MR) is 227 cm³/mol. The van der Waals surface area contributed by atoms with Crippen LogP contribution in [0.15, 0.2) is 176 Å². The molecule has 0 heterocycles. The third-order valence-electron chi connectivity index (χ3n) is 10.6. The van der Waals surface area contributed by atoms with E-state index in [0.29, 0.717) is 0 Å². The van der Waals surface area contributed by atoms with Crippen molar-refractivity contribution in [3.8, 4) is 11.1 Å². The van der Waals surface area contributed by atoms with E-state index < -0.39 is 0 Å². The minimum atomic E-state index is -0.0715. The number of fused-ring (bicyclic) bond motifs is 3. The molecule has 7 aromatic rings. The summed E-state index contributed by atoms with van der Waals surface area (Å²) < 4.78 is 0. The van der Waals surface area contributed by atoms with Crippen LogP contribution in [-0.4, -0.2) is 0 Å². The van der Waals surface area contributed by atoms with Crippen LogP contribution in [0.25, 0.3) is 23.3 Å². The van der Waals surface area contributed by atoms with Crippen molar-refractivity contribution < 1.29 is 0 Å². The van der Waals surface area contributed by atoms with Crippen LogP contribution in [0, 0.1) is 0 Å². The molecule has 0 atom stereocenters. The fraction of sp³-hybridized carbons (Fsp3) is 0.137. The van der Waals surface area contributed by atoms with E-state index in [4.69, 9.17) is 0 Å². The van der Waals surface area contributed by atoms with Gasteiger partial charge in [-0.2, -0.15) is 0 Å². The molecule has 0 radical (unpaired) electrons. The summed E-state index contributed by atoms with van der Waals surface area (Å²) in [6, 6.07) is 63.7. The van der Waals surface area contributed by atoms with Gasteiger partial charge in [0.05, 0.1) is 0 Å². The lowest BCUT2D eigenvalue weighted by molar-refractivity contribution is 0.590. The summed E-state index contributed by atoms with van der Waals surface area (Å²) in [6.07, 6.45) is 4.39. The molecule has 260 valence electrons. The predicted octanol–water partition coefficient (Wildman–Crippen LogP) is 14.4. The van der Waals surface area contributed by atoms with E-state index >= 15 is 0 Å². The molecule has 0 aliphatic heterocycles. The van der Waals surface area contributed by atoms with Crippen LogP contribution in [0.5, 0.6) is 0 Å². The normalized spacial score (nSPS) is 13.1. The number of hydrogen-bond acceptors (Lipinski definition) is 2. The Hall–Kier alpha value is -6.12. The van der Waals surface area contributed by atoms with Crippen molar-refractivity contribution in [3.63, 3.8) is 0 Å². The highest BCUT2D eigenvalue weighted by molar-refractivity contribution is 5.86. The monoisotopic (exact) mass is 686 g/mol. The number of benzene rings is 7. The highest BCUT2D eigenvalue weighted by atomic mass is 15.1. The Morgan fingerprint density at radius 1 is 0.396 bits per heavy atom. The number of nitrogens with zero attached hydrogens (tertiary/aromatic N) is 2. The second-order valence-electron chi connectivity index (χ2n) is 15.6. The van der Waals surface area contributed by atoms with Crippen LogP contribution in [0.3, 0.4) is 0 Å². The van der Waals surface area contributed by atoms with Crippen LogP contribution in [0.1, 0.15) is 62.4 Å². The van der Waals surface area contributed by atoms with Gasteiger partial charge in [-0.15, -0.1) is 0 Å². The Bertz CT molecular complexity index is 2320. The molecule has 53 heavy (non-hydrogen) atoms. The molecule has 2 heteroatoms. The molecule has 8 rings (SSSR count). The Morgan fingerprint density at radius 2 is 0.792 bits per heavy atom. The zero-order valence-electron chi connectivity index (χ0n) is 31.3. The summed E-state index contributed by atoms with van der Waals surface area (Å²) in [5.74, 6) is 0. The summed E-state index contributed by atoms with van der Waals surface area (Å²) in [5.41, 5.74) is 15.9. The summed E-state index contributed by atoms with van der Waals surface area (Å²) in [7, 11) is 0. The molecule has 0 unspecified atom stereocenters. The van der Waals surface area contributed by atoms with Crippen LogP contribution in [-0.2, 0) is 10.8 Å². The van der Waals surface area contributed by atoms with Crippen LogP contribution >= 0.6 is 0 Å². The summed E-state index contributed by atoms with van der Waals surface area (Å²) in [5, 5.41) is 0. The van der Waals surface area contributed by atoms with E-state index in [2.05, 4.69) is 232 Å². The van der Waals surface area contributed by atoms with Gasteiger partial charge in [0.1, 0.15) is 0 Å². The first kappa shape index (κ1) is 34.0. The van der Waals surface area contributed by atoms with E-state index in [0.717, 1.165) is 45.3 Å². The molecule has 1 aliphatic carbocycles. The number of rotatable bonds is 8. The fourth-order valence-corrected chi connectivity index (χ4v) is 7.65. The Morgan fingerprint density at radius 3 is 1.30 bits per heavy atom. The first-order valence-corrected chi connectivity index (χ1v) is 18.6. The molecule has 2 nitrogen and oxygen atoms in total. The third kappa shape index (κ3) is 6.69. The van der Waals surface area contributed by atoms with Gasteiger partial charge in [0.25, 0.3) is 0 Å². The van der Waals surface area contributed by atoms with Crippen molar-refractivity contribution in [1.82, 2.24) is 0 Å². The second-order valence-corrected chi connectivity index (χ2v) is 15.6. The van der Waals surface area contributed by atoms with Crippen molar-refractivity contribution in [1.29, 1.82) is 0 Å². The summed E-state index contributed by atoms with van der Waals surface area (Å²) in [4.78, 5) is 4.68. The number of para-hydroxylation sites is 2. The van der Waals surface area contributed by atoms with Crippen molar-refractivity contribution in [2.75, 3.05) is 9.80 Å². The average Bonchev–Trinajstić information content (AvgIpc) is 3.41. The molecule has 0 N–H and O–H groups in total. The van der Waals surface area contributed by atoms with Crippen molar-refractivity contribution in [2.45, 2.75) is 45.4 Å². The van der Waals surface area contributed by atoms with E-state index in [1.54, 1.807) is 0 Å². The summed E-state index contributed by atoms with van der Waals surface area (Å²) in [6.45, 7) is 11.5. The Kier molecular flexibility index (Phi) is 8.84. The zero-order chi connectivity index (χ0) is 36.6. The largest absolute Gasteiger partial charge is 0.311 e. The van der Waals surface area contributed by atoms with Crippen molar-refractivity contribution in [3.05, 3.63) is 204 Å². The number of hydrogen-bond donors (Lipinski definition) is 0. The fourth-order valence-electron chi connectivity index (χ4n) is 7.65. The molecular formula is C51H46N2. The smallest absolute Gasteiger partial charge is 0.0465 e. The standard InChI is InChI=1S/C51H46N2/c1-50(2,3)39-26-32-44(33-27-39)53(45-34-35-47-46-18-12-13-19-48(46)51(4,5)49(47)36-45)43-30-24-38(25-31-43)21-20-37-22-28-42(29-23-37)52(40-14-8-6-9-15-40)41-16-10-7-11-17-41/h6-36H,1-5H3/b21-20+. The molecular weight excluding hydrogens is 641 g/mol. The van der Waals surface area contributed by atoms with Gasteiger partial charge in [0, 0.05) is 39.5 Å². The minimum Gasteiger partial charge on any atom is -0.311 e. The Balaban J connectivity index is 1.09. The lowest BCUT2D eigenvalue weighted by atomic mass is 9.82. The quantitative estimate of drug-likeness (QED) is 0.147. The first-order chi connectivity index (χ1) is 25.7. The molecule has 0 spiro atoms. The van der Waals surface area contributed by atoms with Gasteiger partial charge in [0.2, 0.25) is 0 Å². The number of anilines is 6. The molecule has 0 saturated carbocycles. The first-order valence-electron chi connectivity index (χ1n) is 18.6. The van der Waals surface area contributed by atoms with Gasteiger partial charge >= 0.3 is 0 Å². The molecule has 7 aromatic carbocycles. The van der Waals surface area contributed by atoms with Crippen LogP contribution < -0.4 is 9.80 Å². The maximum absolute atomic E-state index is 2.40. The van der Waals surface area contributed by atoms with E-state index in [9.17, 15) is 0 Å². The van der Waals surface area contributed by atoms with Crippen molar-refractivity contribution >= 4 is 46.3 Å². The lowest BCUT2D eigenvalue weighted by Gasteiger charge is -2.29. The zero-order valence-corrected chi connectivity index (χ0v) is 31.3. The molecule has 0 aromatic heterocycles. The highest BCUT2D eigenvalue weighted by Gasteiger charge is 2.35. The lowest BCUT2D eigenvalue weighted by Crippen LogP contribution is -2.17. The molecule has 0 saturated heterocycles.